The quantitative estimate of drug-likeness (QED) is 0.857. The van der Waals surface area contributed by atoms with Crippen LogP contribution >= 0.6 is 0 Å². The number of amides is 1. The number of hydrogen-bond acceptors (Lipinski definition) is 5. The summed E-state index contributed by atoms with van der Waals surface area (Å²) in [6, 6.07) is 10.8. The minimum atomic E-state index is -0.211. The Morgan fingerprint density at radius 3 is 2.41 bits per heavy atom. The van der Waals surface area contributed by atoms with Gasteiger partial charge in [0, 0.05) is 12.2 Å². The van der Waals surface area contributed by atoms with Gasteiger partial charge in [0.2, 0.25) is 0 Å². The largest absolute Gasteiger partial charge is 0.497 e. The van der Waals surface area contributed by atoms with Crippen molar-refractivity contribution in [1.82, 2.24) is 15.5 Å². The van der Waals surface area contributed by atoms with Crippen LogP contribution in [0, 0.1) is 5.92 Å². The van der Waals surface area contributed by atoms with Gasteiger partial charge >= 0.3 is 0 Å². The number of nitrogens with one attached hydrogen (secondary N) is 2. The summed E-state index contributed by atoms with van der Waals surface area (Å²) in [5.41, 5.74) is 1.17. The van der Waals surface area contributed by atoms with Crippen LogP contribution in [0.4, 0.5) is 11.5 Å². The van der Waals surface area contributed by atoms with Crippen LogP contribution in [0.2, 0.25) is 0 Å². The molecule has 1 aromatic carbocycles. The number of benzene rings is 1. The second-order valence-corrected chi connectivity index (χ2v) is 5.26. The molecule has 2 N–H and O–H groups in total. The van der Waals surface area contributed by atoms with Gasteiger partial charge in [-0.25, -0.2) is 0 Å². The van der Waals surface area contributed by atoms with Crippen molar-refractivity contribution < 1.29 is 9.53 Å². The number of hydrogen-bond donors (Lipinski definition) is 2. The summed E-state index contributed by atoms with van der Waals surface area (Å²) in [6.45, 7) is 4.69. The highest BCUT2D eigenvalue weighted by Gasteiger charge is 2.08. The molecule has 2 rings (SSSR count). The number of methoxy groups -OCH3 is 1. The first-order chi connectivity index (χ1) is 10.6. The molecular weight excluding hydrogens is 280 g/mol. The molecule has 22 heavy (non-hydrogen) atoms. The Bertz CT molecular complexity index is 609. The van der Waals surface area contributed by atoms with Crippen molar-refractivity contribution in [2.45, 2.75) is 13.8 Å². The van der Waals surface area contributed by atoms with E-state index in [1.54, 1.807) is 19.2 Å². The number of nitrogens with zero attached hydrogens (tertiary/aromatic N) is 2. The topological polar surface area (TPSA) is 76.1 Å². The number of carbonyl (C=O) groups is 1. The van der Waals surface area contributed by atoms with Gasteiger partial charge in [-0.3, -0.25) is 4.79 Å². The predicted molar refractivity (Wildman–Crippen MR) is 85.5 cm³/mol. The zero-order chi connectivity index (χ0) is 15.9. The van der Waals surface area contributed by atoms with Crippen molar-refractivity contribution in [3.05, 3.63) is 42.1 Å². The van der Waals surface area contributed by atoms with Crippen LogP contribution < -0.4 is 15.4 Å². The van der Waals surface area contributed by atoms with Gasteiger partial charge in [-0.05, 0) is 42.3 Å². The number of carbonyl (C=O) groups excluding carboxylic acids is 1. The Morgan fingerprint density at radius 2 is 1.86 bits per heavy atom. The highest BCUT2D eigenvalue weighted by atomic mass is 16.5. The fourth-order valence-corrected chi connectivity index (χ4v) is 1.73. The third-order valence-corrected chi connectivity index (χ3v) is 2.93. The number of aromatic nitrogens is 2. The molecule has 0 saturated heterocycles. The minimum Gasteiger partial charge on any atom is -0.497 e. The summed E-state index contributed by atoms with van der Waals surface area (Å²) in [5.74, 6) is 1.55. The Kier molecular flexibility index (Phi) is 5.30. The van der Waals surface area contributed by atoms with E-state index in [2.05, 4.69) is 20.8 Å². The lowest BCUT2D eigenvalue weighted by Crippen LogP contribution is -2.28. The summed E-state index contributed by atoms with van der Waals surface area (Å²) in [5, 5.41) is 13.9. The van der Waals surface area contributed by atoms with Crippen LogP contribution in [0.25, 0.3) is 0 Å². The average Bonchev–Trinajstić information content (AvgIpc) is 2.54. The van der Waals surface area contributed by atoms with Gasteiger partial charge in [-0.2, -0.15) is 0 Å². The van der Waals surface area contributed by atoms with Crippen molar-refractivity contribution in [2.75, 3.05) is 19.0 Å². The Labute approximate surface area is 129 Å². The van der Waals surface area contributed by atoms with Crippen molar-refractivity contribution in [3.8, 4) is 5.75 Å². The maximum absolute atomic E-state index is 11.8. The van der Waals surface area contributed by atoms with Gasteiger partial charge in [0.1, 0.15) is 5.75 Å². The molecule has 1 amide bonds. The van der Waals surface area contributed by atoms with E-state index in [1.807, 2.05) is 38.1 Å². The predicted octanol–water partition coefficient (Wildman–Crippen LogP) is 2.61. The highest BCUT2D eigenvalue weighted by Crippen LogP contribution is 2.18. The number of ether oxygens (including phenoxy) is 1. The van der Waals surface area contributed by atoms with Crippen LogP contribution in [0.3, 0.4) is 0 Å². The maximum Gasteiger partial charge on any atom is 0.271 e. The lowest BCUT2D eigenvalue weighted by atomic mass is 10.2. The summed E-state index contributed by atoms with van der Waals surface area (Å²) >= 11 is 0. The summed E-state index contributed by atoms with van der Waals surface area (Å²) in [7, 11) is 1.62. The molecule has 6 nitrogen and oxygen atoms in total. The van der Waals surface area contributed by atoms with Gasteiger partial charge in [0.15, 0.2) is 11.5 Å². The fourth-order valence-electron chi connectivity index (χ4n) is 1.73. The second-order valence-electron chi connectivity index (χ2n) is 5.26. The Hall–Kier alpha value is -2.63. The molecule has 1 heterocycles. The highest BCUT2D eigenvalue weighted by molar-refractivity contribution is 5.92. The van der Waals surface area contributed by atoms with Crippen LogP contribution in [0.5, 0.6) is 5.75 Å². The molecule has 1 aromatic heterocycles. The third-order valence-electron chi connectivity index (χ3n) is 2.93. The van der Waals surface area contributed by atoms with Crippen LogP contribution in [-0.4, -0.2) is 29.8 Å². The molecule has 6 heteroatoms. The van der Waals surface area contributed by atoms with E-state index in [0.29, 0.717) is 24.0 Å². The van der Waals surface area contributed by atoms with Crippen LogP contribution in [-0.2, 0) is 0 Å². The van der Waals surface area contributed by atoms with Crippen molar-refractivity contribution in [2.24, 2.45) is 5.92 Å². The van der Waals surface area contributed by atoms with Gasteiger partial charge in [0.25, 0.3) is 5.91 Å². The molecule has 0 saturated carbocycles. The number of rotatable bonds is 6. The Balaban J connectivity index is 1.97. The molecule has 0 spiro atoms. The molecular formula is C16H20N4O2. The lowest BCUT2D eigenvalue weighted by molar-refractivity contribution is 0.0943. The lowest BCUT2D eigenvalue weighted by Gasteiger charge is -2.08. The molecule has 116 valence electrons. The minimum absolute atomic E-state index is 0.211. The monoisotopic (exact) mass is 300 g/mol. The van der Waals surface area contributed by atoms with Crippen molar-refractivity contribution in [3.63, 3.8) is 0 Å². The molecule has 0 aliphatic carbocycles. The van der Waals surface area contributed by atoms with E-state index in [4.69, 9.17) is 4.74 Å². The second kappa shape index (κ2) is 7.40. The molecule has 0 fully saturated rings. The van der Waals surface area contributed by atoms with Crippen molar-refractivity contribution in [1.29, 1.82) is 0 Å². The SMILES string of the molecule is COc1ccc(Nc2ccc(C(=O)NCC(C)C)nn2)cc1. The van der Waals surface area contributed by atoms with E-state index in [9.17, 15) is 4.79 Å². The molecule has 0 radical (unpaired) electrons. The molecule has 0 unspecified atom stereocenters. The van der Waals surface area contributed by atoms with E-state index in [-0.39, 0.29) is 5.91 Å². The van der Waals surface area contributed by atoms with Gasteiger partial charge in [-0.1, -0.05) is 13.8 Å². The van der Waals surface area contributed by atoms with Crippen LogP contribution in [0.15, 0.2) is 36.4 Å². The van der Waals surface area contributed by atoms with E-state index in [1.165, 1.54) is 0 Å². The van der Waals surface area contributed by atoms with E-state index in [0.717, 1.165) is 11.4 Å². The smallest absolute Gasteiger partial charge is 0.271 e. The molecule has 0 aliphatic rings. The normalized spacial score (nSPS) is 10.4. The van der Waals surface area contributed by atoms with E-state index >= 15 is 0 Å². The standard InChI is InChI=1S/C16H20N4O2/c1-11(2)10-17-16(21)14-8-9-15(20-19-14)18-12-4-6-13(22-3)7-5-12/h4-9,11H,10H2,1-3H3,(H,17,21)(H,18,20). The molecule has 2 aromatic rings. The molecule has 0 atom stereocenters. The first-order valence-corrected chi connectivity index (χ1v) is 7.11. The first kappa shape index (κ1) is 15.8. The van der Waals surface area contributed by atoms with Crippen LogP contribution in [0.1, 0.15) is 24.3 Å². The fraction of sp³-hybridized carbons (Fsp3) is 0.312. The summed E-state index contributed by atoms with van der Waals surface area (Å²) in [4.78, 5) is 11.8. The molecule has 0 aliphatic heterocycles. The zero-order valence-corrected chi connectivity index (χ0v) is 13.0. The van der Waals surface area contributed by atoms with Gasteiger partial charge in [-0.15, -0.1) is 10.2 Å². The third kappa shape index (κ3) is 4.44. The van der Waals surface area contributed by atoms with Crippen molar-refractivity contribution >= 4 is 17.4 Å². The first-order valence-electron chi connectivity index (χ1n) is 7.11. The van der Waals surface area contributed by atoms with Gasteiger partial charge < -0.3 is 15.4 Å². The summed E-state index contributed by atoms with van der Waals surface area (Å²) in [6.07, 6.45) is 0. The summed E-state index contributed by atoms with van der Waals surface area (Å²) < 4.78 is 5.10. The Morgan fingerprint density at radius 1 is 1.14 bits per heavy atom. The van der Waals surface area contributed by atoms with Gasteiger partial charge in [0.05, 0.1) is 7.11 Å². The zero-order valence-electron chi connectivity index (χ0n) is 13.0. The average molecular weight is 300 g/mol. The molecule has 0 bridgehead atoms. The number of anilines is 2. The van der Waals surface area contributed by atoms with E-state index < -0.39 is 0 Å². The maximum atomic E-state index is 11.8.